The molecule has 0 radical (unpaired) electrons. The van der Waals surface area contributed by atoms with Gasteiger partial charge in [-0.2, -0.15) is 0 Å². The van der Waals surface area contributed by atoms with E-state index in [-0.39, 0.29) is 17.0 Å². The fraction of sp³-hybridized carbons (Fsp3) is 1.00. The molecule has 2 heteroatoms. The lowest BCUT2D eigenvalue weighted by atomic mass is 10.1. The van der Waals surface area contributed by atoms with Gasteiger partial charge in [0.15, 0.2) is 0 Å². The van der Waals surface area contributed by atoms with Crippen LogP contribution in [0.15, 0.2) is 0 Å². The Labute approximate surface area is 382 Å². The lowest BCUT2D eigenvalue weighted by molar-refractivity contribution is -0.0000128. The molecule has 352 valence electrons. The van der Waals surface area contributed by atoms with Gasteiger partial charge in [0, 0.05) is 7.26 Å². The molecule has 0 aliphatic heterocycles. The molecule has 0 saturated carbocycles. The van der Waals surface area contributed by atoms with Crippen LogP contribution in [0.2, 0.25) is 0 Å². The highest BCUT2D eigenvalue weighted by Gasteiger charge is 2.35. The molecule has 0 unspecified atom stereocenters. The Kier molecular flexibility index (Phi) is 56.8. The highest BCUT2D eigenvalue weighted by atomic mass is 79.9. The Morgan fingerprint density at radius 3 is 0.379 bits per heavy atom. The molecule has 0 aromatic rings. The van der Waals surface area contributed by atoms with E-state index in [2.05, 4.69) is 27.7 Å². The van der Waals surface area contributed by atoms with E-state index in [1.807, 2.05) is 0 Å². The zero-order chi connectivity index (χ0) is 41.3. The first-order valence-corrected chi connectivity index (χ1v) is 30.6. The third-order valence-electron chi connectivity index (χ3n) is 13.9. The van der Waals surface area contributed by atoms with Crippen molar-refractivity contribution in [1.29, 1.82) is 0 Å². The van der Waals surface area contributed by atoms with E-state index in [4.69, 9.17) is 0 Å². The quantitative estimate of drug-likeness (QED) is 0.0422. The second-order valence-corrected chi connectivity index (χ2v) is 24.3. The summed E-state index contributed by atoms with van der Waals surface area (Å²) in [6.07, 6.45) is 78.3. The van der Waals surface area contributed by atoms with Gasteiger partial charge in [-0.15, -0.1) is 0 Å². The second kappa shape index (κ2) is 54.0. The fourth-order valence-electron chi connectivity index (χ4n) is 9.82. The fourth-order valence-corrected chi connectivity index (χ4v) is 14.7. The van der Waals surface area contributed by atoms with Crippen LogP contribution in [-0.2, 0) is 0 Å². The van der Waals surface area contributed by atoms with Crippen LogP contribution in [0.1, 0.15) is 336 Å². The van der Waals surface area contributed by atoms with Crippen molar-refractivity contribution in [3.63, 3.8) is 0 Å². The molecule has 0 aromatic heterocycles. The minimum Gasteiger partial charge on any atom is -1.00 e. The van der Waals surface area contributed by atoms with Crippen molar-refractivity contribution in [2.24, 2.45) is 0 Å². The predicted molar refractivity (Wildman–Crippen MR) is 271 cm³/mol. The maximum Gasteiger partial charge on any atom is 0.0594 e. The smallest absolute Gasteiger partial charge is 0.0594 e. The highest BCUT2D eigenvalue weighted by molar-refractivity contribution is 7.75. The lowest BCUT2D eigenvalue weighted by Crippen LogP contribution is -3.00. The molecule has 0 aliphatic rings. The first-order valence-electron chi connectivity index (χ1n) is 28.1. The summed E-state index contributed by atoms with van der Waals surface area (Å²) in [4.78, 5) is 0. The van der Waals surface area contributed by atoms with E-state index in [1.54, 1.807) is 50.3 Å². The first kappa shape index (κ1) is 61.0. The van der Waals surface area contributed by atoms with Crippen molar-refractivity contribution < 1.29 is 17.0 Å². The molecule has 0 bridgehead atoms. The molecule has 0 nitrogen and oxygen atoms in total. The van der Waals surface area contributed by atoms with Crippen LogP contribution in [0.5, 0.6) is 0 Å². The molecular weight excluding hydrogens is 783 g/mol. The van der Waals surface area contributed by atoms with Gasteiger partial charge in [0.25, 0.3) is 0 Å². The summed E-state index contributed by atoms with van der Waals surface area (Å²) in [5, 5.41) is 0. The zero-order valence-corrected chi connectivity index (χ0v) is 44.1. The van der Waals surface area contributed by atoms with E-state index in [9.17, 15) is 0 Å². The minimum atomic E-state index is -0.816. The molecule has 0 rings (SSSR count). The molecule has 0 aromatic carbocycles. The van der Waals surface area contributed by atoms with E-state index < -0.39 is 7.26 Å². The van der Waals surface area contributed by atoms with Crippen molar-refractivity contribution in [2.75, 3.05) is 24.6 Å². The molecule has 0 heterocycles. The third kappa shape index (κ3) is 48.0. The first-order chi connectivity index (χ1) is 28.2. The van der Waals surface area contributed by atoms with Crippen LogP contribution in [-0.4, -0.2) is 24.6 Å². The summed E-state index contributed by atoms with van der Waals surface area (Å²) in [7, 11) is -0.816. The van der Waals surface area contributed by atoms with Gasteiger partial charge in [-0.3, -0.25) is 0 Å². The monoisotopic (exact) mass is 899 g/mol. The molecule has 0 saturated heterocycles. The number of unbranched alkanes of at least 4 members (excludes halogenated alkanes) is 44. The standard InChI is InChI=1S/C56H116P.BrH/c1-5-9-13-17-21-25-29-33-37-41-45-49-53-57(54-50-46-42-38-34-30-26-22-18-14-10-6-2,55-51-47-43-39-35-31-27-23-19-15-11-7-3)56-52-48-44-40-36-32-28-24-20-16-12-8-4;/h5-56H2,1-4H3;1H/q+1;/p-1. The van der Waals surface area contributed by atoms with Gasteiger partial charge in [-0.25, -0.2) is 0 Å². The maximum atomic E-state index is 2.34. The Balaban J connectivity index is 0. The largest absolute Gasteiger partial charge is 1.00 e. The van der Waals surface area contributed by atoms with Gasteiger partial charge in [-0.1, -0.05) is 285 Å². The van der Waals surface area contributed by atoms with Gasteiger partial charge in [0.1, 0.15) is 0 Å². The van der Waals surface area contributed by atoms with Gasteiger partial charge < -0.3 is 17.0 Å². The SMILES string of the molecule is CCCCCCCCCCCCCC[P+](CCCCCCCCCCCCCC)(CCCCCCCCCCCCCC)CCCCCCCCCCCCCC.[Br-]. The molecule has 0 atom stereocenters. The Hall–Kier alpha value is 0.910. The van der Waals surface area contributed by atoms with Crippen molar-refractivity contribution in [3.05, 3.63) is 0 Å². The van der Waals surface area contributed by atoms with Crippen molar-refractivity contribution in [3.8, 4) is 0 Å². The molecule has 0 aliphatic carbocycles. The van der Waals surface area contributed by atoms with Gasteiger partial charge in [0.05, 0.1) is 24.6 Å². The summed E-state index contributed by atoms with van der Waals surface area (Å²) in [6.45, 7) is 9.35. The molecule has 58 heavy (non-hydrogen) atoms. The van der Waals surface area contributed by atoms with Crippen LogP contribution < -0.4 is 17.0 Å². The van der Waals surface area contributed by atoms with Crippen LogP contribution >= 0.6 is 7.26 Å². The third-order valence-corrected chi connectivity index (χ3v) is 19.0. The zero-order valence-electron chi connectivity index (χ0n) is 41.6. The summed E-state index contributed by atoms with van der Waals surface area (Å²) in [5.41, 5.74) is 0. The molecule has 0 spiro atoms. The topological polar surface area (TPSA) is 0 Å². The summed E-state index contributed by atoms with van der Waals surface area (Å²) in [6, 6.07) is 0. The van der Waals surface area contributed by atoms with Gasteiger partial charge >= 0.3 is 0 Å². The average molecular weight is 900 g/mol. The number of hydrogen-bond donors (Lipinski definition) is 0. The number of hydrogen-bond acceptors (Lipinski definition) is 0. The van der Waals surface area contributed by atoms with Crippen LogP contribution in [0.4, 0.5) is 0 Å². The predicted octanol–water partition coefficient (Wildman–Crippen LogP) is 18.8. The minimum absolute atomic E-state index is 0. The van der Waals surface area contributed by atoms with Gasteiger partial charge in [0.2, 0.25) is 0 Å². The van der Waals surface area contributed by atoms with Crippen LogP contribution in [0.3, 0.4) is 0 Å². The average Bonchev–Trinajstić information content (AvgIpc) is 3.22. The van der Waals surface area contributed by atoms with Crippen molar-refractivity contribution in [1.82, 2.24) is 0 Å². The Morgan fingerprint density at radius 1 is 0.155 bits per heavy atom. The van der Waals surface area contributed by atoms with Crippen molar-refractivity contribution in [2.45, 2.75) is 336 Å². The van der Waals surface area contributed by atoms with Crippen LogP contribution in [0, 0.1) is 0 Å². The van der Waals surface area contributed by atoms with Crippen LogP contribution in [0.25, 0.3) is 0 Å². The molecule has 0 N–H and O–H groups in total. The maximum absolute atomic E-state index is 2.34. The molecule has 0 fully saturated rings. The molecule has 0 amide bonds. The number of rotatable bonds is 52. The van der Waals surface area contributed by atoms with E-state index >= 15 is 0 Å². The van der Waals surface area contributed by atoms with E-state index in [0.717, 1.165) is 0 Å². The van der Waals surface area contributed by atoms with Gasteiger partial charge in [-0.05, 0) is 51.4 Å². The summed E-state index contributed by atoms with van der Waals surface area (Å²) in [5.74, 6) is 0. The normalized spacial score (nSPS) is 11.8. The highest BCUT2D eigenvalue weighted by Crippen LogP contribution is 2.61. The summed E-state index contributed by atoms with van der Waals surface area (Å²) >= 11 is 0. The Bertz CT molecular complexity index is 575. The second-order valence-electron chi connectivity index (χ2n) is 19.8. The summed E-state index contributed by atoms with van der Waals surface area (Å²) < 4.78 is 0. The van der Waals surface area contributed by atoms with E-state index in [0.29, 0.717) is 0 Å². The Morgan fingerprint density at radius 2 is 0.259 bits per heavy atom. The number of halogens is 1. The molecular formula is C56H116BrP. The van der Waals surface area contributed by atoms with E-state index in [1.165, 1.54) is 283 Å². The van der Waals surface area contributed by atoms with Crippen molar-refractivity contribution >= 4 is 7.26 Å². The lowest BCUT2D eigenvalue weighted by Gasteiger charge is -2.28.